The summed E-state index contributed by atoms with van der Waals surface area (Å²) in [4.78, 5) is 0. The first-order valence-electron chi connectivity index (χ1n) is 3.25. The smallest absolute Gasteiger partial charge is 0.159 e. The van der Waals surface area contributed by atoms with E-state index in [0.29, 0.717) is 0 Å². The number of hydrogen-bond donors (Lipinski definition) is 1. The van der Waals surface area contributed by atoms with E-state index in [1.807, 2.05) is 20.8 Å². The number of aliphatic hydroxyl groups excluding tert-OH is 1. The maximum atomic E-state index is 9.16. The van der Waals surface area contributed by atoms with Crippen LogP contribution in [0.3, 0.4) is 0 Å². The van der Waals surface area contributed by atoms with Crippen molar-refractivity contribution < 1.29 is 9.84 Å². The lowest BCUT2D eigenvalue weighted by Gasteiger charge is -2.27. The normalized spacial score (nSPS) is 15.7. The van der Waals surface area contributed by atoms with Crippen LogP contribution in [-0.4, -0.2) is 18.5 Å². The Morgan fingerprint density at radius 1 is 1.56 bits per heavy atom. The molecule has 0 radical (unpaired) electrons. The topological polar surface area (TPSA) is 29.5 Å². The first-order valence-corrected chi connectivity index (χ1v) is 3.25. The van der Waals surface area contributed by atoms with E-state index in [1.165, 1.54) is 7.11 Å². The van der Waals surface area contributed by atoms with Crippen LogP contribution >= 0.6 is 0 Å². The summed E-state index contributed by atoms with van der Waals surface area (Å²) in [6, 6.07) is 0. The van der Waals surface area contributed by atoms with Gasteiger partial charge in [0.25, 0.3) is 0 Å². The molecule has 0 aliphatic heterocycles. The van der Waals surface area contributed by atoms with Crippen molar-refractivity contribution in [3.8, 4) is 0 Å². The summed E-state index contributed by atoms with van der Waals surface area (Å²) >= 11 is 0. The first kappa shape index (κ1) is 8.92. The molecule has 0 aromatic carbocycles. The van der Waals surface area contributed by atoms with Crippen LogP contribution < -0.4 is 0 Å². The van der Waals surface area contributed by atoms with Crippen molar-refractivity contribution in [2.75, 3.05) is 7.11 Å². The standard InChI is InChI=1S/C7H16O2/c1-5-7(2,3)6(8)9-4/h6,8H,5H2,1-4H3. The Labute approximate surface area is 56.8 Å². The van der Waals surface area contributed by atoms with Crippen LogP contribution in [0.4, 0.5) is 0 Å². The zero-order valence-electron chi connectivity index (χ0n) is 6.64. The van der Waals surface area contributed by atoms with Gasteiger partial charge in [-0.3, -0.25) is 0 Å². The number of methoxy groups -OCH3 is 1. The van der Waals surface area contributed by atoms with E-state index >= 15 is 0 Å². The fourth-order valence-corrected chi connectivity index (χ4v) is 0.494. The molecule has 0 aliphatic carbocycles. The molecule has 0 saturated carbocycles. The molecule has 2 heteroatoms. The maximum absolute atomic E-state index is 9.16. The van der Waals surface area contributed by atoms with Gasteiger partial charge < -0.3 is 9.84 Å². The molecule has 0 aliphatic rings. The molecule has 0 heterocycles. The van der Waals surface area contributed by atoms with E-state index in [1.54, 1.807) is 0 Å². The van der Waals surface area contributed by atoms with Crippen LogP contribution in [0.2, 0.25) is 0 Å². The second kappa shape index (κ2) is 3.18. The lowest BCUT2D eigenvalue weighted by Crippen LogP contribution is -2.29. The van der Waals surface area contributed by atoms with Crippen molar-refractivity contribution >= 4 is 0 Å². The molecule has 0 fully saturated rings. The monoisotopic (exact) mass is 132 g/mol. The SMILES string of the molecule is CCC(C)(C)C(O)OC. The second-order valence-corrected chi connectivity index (χ2v) is 2.93. The molecule has 1 atom stereocenters. The highest BCUT2D eigenvalue weighted by Crippen LogP contribution is 2.24. The zero-order chi connectivity index (χ0) is 7.49. The molecule has 0 amide bonds. The summed E-state index contributed by atoms with van der Waals surface area (Å²) in [5, 5.41) is 9.16. The highest BCUT2D eigenvalue weighted by atomic mass is 16.6. The quantitative estimate of drug-likeness (QED) is 0.588. The summed E-state index contributed by atoms with van der Waals surface area (Å²) in [7, 11) is 1.52. The Bertz CT molecular complexity index is 79.0. The van der Waals surface area contributed by atoms with Gasteiger partial charge in [0.1, 0.15) is 0 Å². The van der Waals surface area contributed by atoms with Gasteiger partial charge in [0.2, 0.25) is 0 Å². The third-order valence-electron chi connectivity index (χ3n) is 1.80. The Balaban J connectivity index is 3.80. The number of ether oxygens (including phenoxy) is 1. The summed E-state index contributed by atoms with van der Waals surface area (Å²) in [5.41, 5.74) is -0.116. The van der Waals surface area contributed by atoms with Gasteiger partial charge in [-0.2, -0.15) is 0 Å². The van der Waals surface area contributed by atoms with Crippen molar-refractivity contribution in [3.05, 3.63) is 0 Å². The number of hydrogen-bond acceptors (Lipinski definition) is 2. The molecular weight excluding hydrogens is 116 g/mol. The van der Waals surface area contributed by atoms with Crippen LogP contribution in [-0.2, 0) is 4.74 Å². The van der Waals surface area contributed by atoms with Gasteiger partial charge in [-0.05, 0) is 6.42 Å². The lowest BCUT2D eigenvalue weighted by molar-refractivity contribution is -0.146. The van der Waals surface area contributed by atoms with Crippen molar-refractivity contribution in [2.45, 2.75) is 33.5 Å². The van der Waals surface area contributed by atoms with Gasteiger partial charge in [0.05, 0.1) is 0 Å². The van der Waals surface area contributed by atoms with Gasteiger partial charge in [-0.25, -0.2) is 0 Å². The minimum Gasteiger partial charge on any atom is -0.368 e. The van der Waals surface area contributed by atoms with E-state index in [-0.39, 0.29) is 5.41 Å². The van der Waals surface area contributed by atoms with Gasteiger partial charge in [0.15, 0.2) is 6.29 Å². The van der Waals surface area contributed by atoms with Crippen molar-refractivity contribution in [3.63, 3.8) is 0 Å². The average Bonchev–Trinajstić information content (AvgIpc) is 1.86. The molecule has 0 rings (SSSR count). The Morgan fingerprint density at radius 2 is 2.00 bits per heavy atom. The summed E-state index contributed by atoms with van der Waals surface area (Å²) in [6.45, 7) is 5.98. The largest absolute Gasteiger partial charge is 0.368 e. The summed E-state index contributed by atoms with van der Waals surface area (Å²) in [5.74, 6) is 0. The zero-order valence-corrected chi connectivity index (χ0v) is 6.64. The van der Waals surface area contributed by atoms with Crippen LogP contribution in [0, 0.1) is 5.41 Å². The van der Waals surface area contributed by atoms with Crippen LogP contribution in [0.25, 0.3) is 0 Å². The molecule has 0 aromatic rings. The molecular formula is C7H16O2. The van der Waals surface area contributed by atoms with Gasteiger partial charge in [0, 0.05) is 12.5 Å². The van der Waals surface area contributed by atoms with Crippen molar-refractivity contribution in [1.82, 2.24) is 0 Å². The average molecular weight is 132 g/mol. The number of rotatable bonds is 3. The van der Waals surface area contributed by atoms with E-state index in [9.17, 15) is 0 Å². The van der Waals surface area contributed by atoms with Gasteiger partial charge >= 0.3 is 0 Å². The molecule has 2 nitrogen and oxygen atoms in total. The van der Waals surface area contributed by atoms with E-state index in [0.717, 1.165) is 6.42 Å². The third-order valence-corrected chi connectivity index (χ3v) is 1.80. The summed E-state index contributed by atoms with van der Waals surface area (Å²) in [6.07, 6.45) is 0.282. The van der Waals surface area contributed by atoms with Crippen molar-refractivity contribution in [1.29, 1.82) is 0 Å². The van der Waals surface area contributed by atoms with Crippen molar-refractivity contribution in [2.24, 2.45) is 5.41 Å². The van der Waals surface area contributed by atoms with Crippen LogP contribution in [0.5, 0.6) is 0 Å². The fraction of sp³-hybridized carbons (Fsp3) is 1.00. The molecule has 0 spiro atoms. The Morgan fingerprint density at radius 3 is 2.11 bits per heavy atom. The third kappa shape index (κ3) is 2.33. The number of aliphatic hydroxyl groups is 1. The van der Waals surface area contributed by atoms with Crippen LogP contribution in [0.1, 0.15) is 27.2 Å². The van der Waals surface area contributed by atoms with Gasteiger partial charge in [-0.15, -0.1) is 0 Å². The minimum atomic E-state index is -0.637. The Kier molecular flexibility index (Phi) is 3.15. The van der Waals surface area contributed by atoms with Gasteiger partial charge in [-0.1, -0.05) is 20.8 Å². The first-order chi connectivity index (χ1) is 4.04. The van der Waals surface area contributed by atoms with E-state index in [4.69, 9.17) is 9.84 Å². The molecule has 0 bridgehead atoms. The van der Waals surface area contributed by atoms with E-state index in [2.05, 4.69) is 0 Å². The minimum absolute atomic E-state index is 0.116. The molecule has 0 aromatic heterocycles. The predicted molar refractivity (Wildman–Crippen MR) is 37.1 cm³/mol. The summed E-state index contributed by atoms with van der Waals surface area (Å²) < 4.78 is 4.76. The molecule has 1 N–H and O–H groups in total. The molecule has 56 valence electrons. The second-order valence-electron chi connectivity index (χ2n) is 2.93. The highest BCUT2D eigenvalue weighted by Gasteiger charge is 2.24. The highest BCUT2D eigenvalue weighted by molar-refractivity contribution is 4.68. The molecule has 9 heavy (non-hydrogen) atoms. The molecule has 1 unspecified atom stereocenters. The lowest BCUT2D eigenvalue weighted by atomic mass is 9.90. The van der Waals surface area contributed by atoms with E-state index < -0.39 is 6.29 Å². The maximum Gasteiger partial charge on any atom is 0.159 e. The predicted octanol–water partition coefficient (Wildman–Crippen LogP) is 1.39. The van der Waals surface area contributed by atoms with Crippen LogP contribution in [0.15, 0.2) is 0 Å². The molecule has 0 saturated heterocycles. The Hall–Kier alpha value is -0.0800. The fourth-order valence-electron chi connectivity index (χ4n) is 0.494.